The predicted molar refractivity (Wildman–Crippen MR) is 146 cm³/mol. The molecule has 0 fully saturated rings. The topological polar surface area (TPSA) is 118 Å². The molecule has 2 aromatic carbocycles. The summed E-state index contributed by atoms with van der Waals surface area (Å²) in [6, 6.07) is 14.3. The molecule has 0 saturated carbocycles. The molecule has 9 nitrogen and oxygen atoms in total. The number of hydrogen-bond donors (Lipinski definition) is 0. The zero-order valence-electron chi connectivity index (χ0n) is 22.4. The van der Waals surface area contributed by atoms with E-state index in [1.165, 1.54) is 18.7 Å². The predicted octanol–water partition coefficient (Wildman–Crippen LogP) is 3.05. The summed E-state index contributed by atoms with van der Waals surface area (Å²) in [6.07, 6.45) is 4.07. The second-order valence-electron chi connectivity index (χ2n) is 9.46. The van der Waals surface area contributed by atoms with Crippen molar-refractivity contribution in [2.75, 3.05) is 13.2 Å². The van der Waals surface area contributed by atoms with Gasteiger partial charge in [0.05, 0.1) is 22.3 Å². The van der Waals surface area contributed by atoms with Crippen molar-refractivity contribution in [1.82, 2.24) is 19.9 Å². The fourth-order valence-electron chi connectivity index (χ4n) is 3.45. The summed E-state index contributed by atoms with van der Waals surface area (Å²) in [5.41, 5.74) is 2.95. The molecule has 4 rings (SSSR count). The van der Waals surface area contributed by atoms with Crippen LogP contribution in [0, 0.1) is 6.92 Å². The molecule has 12 heteroatoms. The van der Waals surface area contributed by atoms with E-state index in [1.807, 2.05) is 31.2 Å². The van der Waals surface area contributed by atoms with Gasteiger partial charge in [-0.1, -0.05) is 74.3 Å². The van der Waals surface area contributed by atoms with Crippen LogP contribution in [0.2, 0.25) is 5.02 Å². The van der Waals surface area contributed by atoms with Crippen LogP contribution in [0.4, 0.5) is 5.82 Å². The molecule has 198 valence electrons. The molecule has 0 unspecified atom stereocenters. The van der Waals surface area contributed by atoms with E-state index in [0.717, 1.165) is 11.1 Å². The molecule has 2 aromatic heterocycles. The molecule has 4 aromatic rings. The molecule has 0 saturated heterocycles. The molecular weight excluding hydrogens is 549 g/mol. The molecule has 0 aliphatic carbocycles. The summed E-state index contributed by atoms with van der Waals surface area (Å²) >= 11 is 5.79. The Balaban J connectivity index is 0.00000420. The summed E-state index contributed by atoms with van der Waals surface area (Å²) in [5.74, 6) is 0.141. The van der Waals surface area contributed by atoms with E-state index in [-0.39, 0.29) is 70.8 Å². The van der Waals surface area contributed by atoms with Crippen LogP contribution in [-0.2, 0) is 15.4 Å². The van der Waals surface area contributed by atoms with Crippen LogP contribution in [-0.4, -0.2) is 41.6 Å². The maximum Gasteiger partial charge on any atom is 1.00 e. The fraction of sp³-hybridized carbons (Fsp3) is 0.259. The van der Waals surface area contributed by atoms with Gasteiger partial charge in [0.15, 0.2) is 0 Å². The Kier molecular flexibility index (Phi) is 10.3. The minimum Gasteiger partial charge on any atom is -0.474 e. The second-order valence-corrected chi connectivity index (χ2v) is 11.5. The van der Waals surface area contributed by atoms with Crippen molar-refractivity contribution in [3.8, 4) is 23.0 Å². The van der Waals surface area contributed by atoms with Gasteiger partial charge in [0.2, 0.25) is 15.9 Å². The average Bonchev–Trinajstić information content (AvgIpc) is 2.88. The van der Waals surface area contributed by atoms with Crippen LogP contribution >= 0.6 is 11.6 Å². The van der Waals surface area contributed by atoms with E-state index in [2.05, 4.69) is 45.4 Å². The normalized spacial score (nSPS) is 11.4. The van der Waals surface area contributed by atoms with Crippen molar-refractivity contribution in [2.24, 2.45) is 0 Å². The Hall–Kier alpha value is -2.76. The van der Waals surface area contributed by atoms with Gasteiger partial charge in [-0.2, -0.15) is 0 Å². The Labute approximate surface area is 255 Å². The third kappa shape index (κ3) is 8.12. The van der Waals surface area contributed by atoms with Gasteiger partial charge in [-0.3, -0.25) is 0 Å². The molecule has 39 heavy (non-hydrogen) atoms. The first kappa shape index (κ1) is 30.8. The number of aryl methyl sites for hydroxylation is 1. The van der Waals surface area contributed by atoms with E-state index in [4.69, 9.17) is 21.1 Å². The summed E-state index contributed by atoms with van der Waals surface area (Å²) in [4.78, 5) is 16.4. The van der Waals surface area contributed by atoms with Crippen molar-refractivity contribution in [3.05, 3.63) is 88.1 Å². The Morgan fingerprint density at radius 2 is 1.49 bits per heavy atom. The van der Waals surface area contributed by atoms with Crippen LogP contribution in [0.3, 0.4) is 0 Å². The zero-order chi connectivity index (χ0) is 27.3. The van der Waals surface area contributed by atoms with Crippen molar-refractivity contribution in [3.63, 3.8) is 0 Å². The van der Waals surface area contributed by atoms with Crippen LogP contribution < -0.4 is 39.0 Å². The van der Waals surface area contributed by atoms with Gasteiger partial charge in [0.1, 0.15) is 13.2 Å². The summed E-state index contributed by atoms with van der Waals surface area (Å²) in [7, 11) is -4.07. The minimum absolute atomic E-state index is 0. The van der Waals surface area contributed by atoms with E-state index in [1.54, 1.807) is 24.3 Å². The molecule has 0 aliphatic rings. The first-order valence-corrected chi connectivity index (χ1v) is 13.6. The molecule has 0 amide bonds. The zero-order valence-corrected chi connectivity index (χ0v) is 26.0. The molecule has 0 spiro atoms. The second kappa shape index (κ2) is 13.1. The molecule has 0 radical (unpaired) electrons. The van der Waals surface area contributed by atoms with Gasteiger partial charge >= 0.3 is 35.6 Å². The third-order valence-corrected chi connectivity index (χ3v) is 6.98. The van der Waals surface area contributed by atoms with E-state index >= 15 is 0 Å². The van der Waals surface area contributed by atoms with Crippen molar-refractivity contribution >= 4 is 27.4 Å². The number of rotatable bonds is 9. The summed E-state index contributed by atoms with van der Waals surface area (Å²) < 4.78 is 41.9. The standard InChI is InChI=1S/C27H27ClN5O4S.Na/c1-18-5-7-19(8-6-18)23-24(33-38(34,35)22-11-9-20(10-12-22)27(2,3)4)31-17-32-25(23)36-13-14-37-26-29-15-21(28)16-30-26;/h5-12,15-17H,13-14H2,1-4H3;/q-1;+1. The van der Waals surface area contributed by atoms with Gasteiger partial charge in [0.25, 0.3) is 0 Å². The Bertz CT molecular complexity index is 1500. The van der Waals surface area contributed by atoms with Crippen LogP contribution in [0.5, 0.6) is 11.9 Å². The monoisotopic (exact) mass is 575 g/mol. The van der Waals surface area contributed by atoms with Gasteiger partial charge in [-0.05, 0) is 41.4 Å². The van der Waals surface area contributed by atoms with Crippen LogP contribution in [0.25, 0.3) is 15.8 Å². The Morgan fingerprint density at radius 1 is 0.872 bits per heavy atom. The van der Waals surface area contributed by atoms with Crippen LogP contribution in [0.15, 0.2) is 72.1 Å². The number of sulfonamides is 1. The largest absolute Gasteiger partial charge is 1.00 e. The Morgan fingerprint density at radius 3 is 2.10 bits per heavy atom. The minimum atomic E-state index is -4.07. The van der Waals surface area contributed by atoms with Gasteiger partial charge in [-0.15, -0.1) is 0 Å². The first-order valence-electron chi connectivity index (χ1n) is 11.8. The average molecular weight is 576 g/mol. The van der Waals surface area contributed by atoms with Crippen molar-refractivity contribution < 1.29 is 47.4 Å². The van der Waals surface area contributed by atoms with E-state index < -0.39 is 10.0 Å². The van der Waals surface area contributed by atoms with Gasteiger partial charge in [0, 0.05) is 11.9 Å². The molecule has 0 bridgehead atoms. The molecular formula is C27H27ClN5NaO4S. The quantitative estimate of drug-likeness (QED) is 0.221. The van der Waals surface area contributed by atoms with Crippen molar-refractivity contribution in [1.29, 1.82) is 0 Å². The fourth-order valence-corrected chi connectivity index (χ4v) is 4.50. The van der Waals surface area contributed by atoms with Gasteiger partial charge in [-0.25, -0.2) is 23.4 Å². The summed E-state index contributed by atoms with van der Waals surface area (Å²) in [6.45, 7) is 8.34. The SMILES string of the molecule is Cc1ccc(-c2c([N-]S(=O)(=O)c3ccc(C(C)(C)C)cc3)ncnc2OCCOc2ncc(Cl)cn2)cc1.[Na+]. The molecule has 0 atom stereocenters. The molecule has 2 heterocycles. The first-order chi connectivity index (χ1) is 18.0. The maximum atomic E-state index is 13.2. The number of halogens is 1. The summed E-state index contributed by atoms with van der Waals surface area (Å²) in [5, 5.41) is 0.397. The smallest absolute Gasteiger partial charge is 0.474 e. The number of ether oxygens (including phenoxy) is 2. The molecule has 0 N–H and O–H groups in total. The maximum absolute atomic E-state index is 13.2. The number of benzene rings is 2. The van der Waals surface area contributed by atoms with Crippen molar-refractivity contribution in [2.45, 2.75) is 38.0 Å². The molecule has 0 aliphatic heterocycles. The number of hydrogen-bond acceptors (Lipinski definition) is 8. The van der Waals surface area contributed by atoms with E-state index in [9.17, 15) is 8.42 Å². The van der Waals surface area contributed by atoms with E-state index in [0.29, 0.717) is 16.1 Å². The van der Waals surface area contributed by atoms with Gasteiger partial charge < -0.3 is 19.2 Å². The third-order valence-electron chi connectivity index (χ3n) is 5.51. The number of aromatic nitrogens is 4. The van der Waals surface area contributed by atoms with Crippen LogP contribution in [0.1, 0.15) is 31.9 Å². The number of nitrogens with zero attached hydrogens (tertiary/aromatic N) is 5.